The van der Waals surface area contributed by atoms with E-state index in [0.29, 0.717) is 0 Å². The molecule has 1 aliphatic rings. The van der Waals surface area contributed by atoms with Crippen LogP contribution >= 0.6 is 0 Å². The van der Waals surface area contributed by atoms with E-state index in [1.54, 1.807) is 7.11 Å². The molecule has 0 spiro atoms. The van der Waals surface area contributed by atoms with Gasteiger partial charge in [-0.1, -0.05) is 49.4 Å². The Morgan fingerprint density at radius 1 is 1.37 bits per heavy atom. The minimum Gasteiger partial charge on any atom is -0.497 e. The summed E-state index contributed by atoms with van der Waals surface area (Å²) in [4.78, 5) is 10.5. The highest BCUT2D eigenvalue weighted by Crippen LogP contribution is 2.42. The average Bonchev–Trinajstić information content (AvgIpc) is 2.46. The van der Waals surface area contributed by atoms with Crippen LogP contribution in [0.1, 0.15) is 18.4 Å². The van der Waals surface area contributed by atoms with Crippen LogP contribution in [0, 0.1) is 5.41 Å². The number of hydrogen-bond acceptors (Lipinski definition) is 2. The lowest BCUT2D eigenvalue weighted by atomic mass is 9.71. The second kappa shape index (κ2) is 5.70. The fourth-order valence-electron chi connectivity index (χ4n) is 2.43. The molecule has 1 radical (unpaired) electrons. The standard InChI is InChI=1S/C17H17O2/c1-17(11-6-12-18)10-4-3-9-16(17)14-7-5-8-15(13-14)19-2/h3-11,13,16H,1-2H3/b11-6+. The van der Waals surface area contributed by atoms with Crippen molar-refractivity contribution in [3.63, 3.8) is 0 Å². The predicted molar refractivity (Wildman–Crippen MR) is 77.0 cm³/mol. The van der Waals surface area contributed by atoms with Gasteiger partial charge >= 0.3 is 0 Å². The first-order valence-electron chi connectivity index (χ1n) is 6.25. The third-order valence-electron chi connectivity index (χ3n) is 3.50. The van der Waals surface area contributed by atoms with E-state index in [0.717, 1.165) is 11.3 Å². The lowest BCUT2D eigenvalue weighted by Crippen LogP contribution is -2.21. The molecule has 0 saturated carbocycles. The molecule has 2 unspecified atom stereocenters. The molecular formula is C17H17O2. The first-order valence-corrected chi connectivity index (χ1v) is 6.25. The zero-order valence-electron chi connectivity index (χ0n) is 11.2. The maximum absolute atomic E-state index is 10.5. The van der Waals surface area contributed by atoms with E-state index in [1.165, 1.54) is 6.08 Å². The van der Waals surface area contributed by atoms with Gasteiger partial charge < -0.3 is 4.74 Å². The van der Waals surface area contributed by atoms with Gasteiger partial charge in [-0.2, -0.15) is 0 Å². The van der Waals surface area contributed by atoms with Crippen LogP contribution in [0.5, 0.6) is 5.75 Å². The fraction of sp³-hybridized carbons (Fsp3) is 0.235. The molecule has 1 aliphatic carbocycles. The third kappa shape index (κ3) is 2.84. The molecule has 2 nitrogen and oxygen atoms in total. The van der Waals surface area contributed by atoms with Crippen LogP contribution in [0.4, 0.5) is 0 Å². The van der Waals surface area contributed by atoms with Gasteiger partial charge in [0.1, 0.15) is 5.75 Å². The first-order chi connectivity index (χ1) is 9.19. The van der Waals surface area contributed by atoms with Crippen molar-refractivity contribution < 1.29 is 9.53 Å². The summed E-state index contributed by atoms with van der Waals surface area (Å²) in [6.45, 7) is 2.10. The normalized spacial score (nSPS) is 25.7. The number of carbonyl (C=O) groups excluding carboxylic acids is 1. The number of hydrogen-bond donors (Lipinski definition) is 0. The zero-order valence-corrected chi connectivity index (χ0v) is 11.2. The minimum absolute atomic E-state index is 0.178. The number of rotatable bonds is 4. The molecule has 2 heteroatoms. The lowest BCUT2D eigenvalue weighted by Gasteiger charge is -2.33. The topological polar surface area (TPSA) is 26.3 Å². The average molecular weight is 253 g/mol. The molecule has 0 saturated heterocycles. The van der Waals surface area contributed by atoms with Crippen molar-refractivity contribution in [1.82, 2.24) is 0 Å². The Kier molecular flexibility index (Phi) is 4.00. The molecule has 1 aromatic carbocycles. The molecule has 0 amide bonds. The largest absolute Gasteiger partial charge is 0.497 e. The Morgan fingerprint density at radius 3 is 2.95 bits per heavy atom. The van der Waals surface area contributed by atoms with E-state index in [2.05, 4.69) is 25.1 Å². The van der Waals surface area contributed by atoms with Crippen molar-refractivity contribution in [3.8, 4) is 5.75 Å². The summed E-state index contributed by atoms with van der Waals surface area (Å²) in [6.07, 6.45) is 13.4. The Balaban J connectivity index is 2.40. The molecule has 0 fully saturated rings. The highest BCUT2D eigenvalue weighted by molar-refractivity contribution is 5.66. The molecule has 97 valence electrons. The summed E-state index contributed by atoms with van der Waals surface area (Å²) in [5, 5.41) is 0. The second-order valence-electron chi connectivity index (χ2n) is 4.82. The van der Waals surface area contributed by atoms with E-state index in [-0.39, 0.29) is 11.3 Å². The van der Waals surface area contributed by atoms with E-state index < -0.39 is 0 Å². The predicted octanol–water partition coefficient (Wildman–Crippen LogP) is 3.58. The van der Waals surface area contributed by atoms with E-state index in [1.807, 2.05) is 42.7 Å². The summed E-state index contributed by atoms with van der Waals surface area (Å²) in [7, 11) is 1.66. The molecule has 1 aromatic rings. The molecular weight excluding hydrogens is 236 g/mol. The van der Waals surface area contributed by atoms with Crippen LogP contribution in [-0.4, -0.2) is 13.4 Å². The van der Waals surface area contributed by atoms with Gasteiger partial charge in [0.25, 0.3) is 0 Å². The SMILES string of the molecule is COc1cccc(C2C=CC=CC2(C)/C=C/[C]=O)c1. The van der Waals surface area contributed by atoms with Gasteiger partial charge in [0, 0.05) is 11.3 Å². The molecule has 0 heterocycles. The van der Waals surface area contributed by atoms with Gasteiger partial charge in [-0.25, -0.2) is 0 Å². The van der Waals surface area contributed by atoms with E-state index in [9.17, 15) is 4.79 Å². The summed E-state index contributed by atoms with van der Waals surface area (Å²) in [5.41, 5.74) is 0.941. The first kappa shape index (κ1) is 13.3. The number of allylic oxidation sites excluding steroid dienone is 6. The van der Waals surface area contributed by atoms with Crippen molar-refractivity contribution in [2.24, 2.45) is 5.41 Å². The number of ether oxygens (including phenoxy) is 1. The van der Waals surface area contributed by atoms with Crippen LogP contribution in [0.15, 0.2) is 60.7 Å². The highest BCUT2D eigenvalue weighted by Gasteiger charge is 2.30. The summed E-state index contributed by atoms with van der Waals surface area (Å²) < 4.78 is 5.27. The van der Waals surface area contributed by atoms with Crippen LogP contribution in [0.25, 0.3) is 0 Å². The number of methoxy groups -OCH3 is 1. The van der Waals surface area contributed by atoms with Crippen molar-refractivity contribution >= 4 is 6.29 Å². The van der Waals surface area contributed by atoms with Crippen LogP contribution < -0.4 is 4.74 Å². The second-order valence-corrected chi connectivity index (χ2v) is 4.82. The molecule has 2 rings (SSSR count). The van der Waals surface area contributed by atoms with Crippen molar-refractivity contribution in [2.75, 3.05) is 7.11 Å². The van der Waals surface area contributed by atoms with Crippen molar-refractivity contribution in [2.45, 2.75) is 12.8 Å². The van der Waals surface area contributed by atoms with Gasteiger partial charge in [0.05, 0.1) is 7.11 Å². The Hall–Kier alpha value is -2.09. The summed E-state index contributed by atoms with van der Waals surface area (Å²) in [5.74, 6) is 1.02. The Labute approximate surface area is 114 Å². The van der Waals surface area contributed by atoms with Gasteiger partial charge in [-0.3, -0.25) is 4.79 Å². The van der Waals surface area contributed by atoms with Gasteiger partial charge in [-0.15, -0.1) is 0 Å². The van der Waals surface area contributed by atoms with E-state index >= 15 is 0 Å². The molecule has 0 N–H and O–H groups in total. The molecule has 0 aliphatic heterocycles. The molecule has 0 bridgehead atoms. The Morgan fingerprint density at radius 2 is 2.21 bits per heavy atom. The fourth-order valence-corrected chi connectivity index (χ4v) is 2.43. The van der Waals surface area contributed by atoms with Gasteiger partial charge in [0.2, 0.25) is 6.29 Å². The molecule has 2 atom stereocenters. The minimum atomic E-state index is -0.224. The van der Waals surface area contributed by atoms with Crippen LogP contribution in [0.2, 0.25) is 0 Å². The number of benzene rings is 1. The maximum Gasteiger partial charge on any atom is 0.225 e. The molecule has 19 heavy (non-hydrogen) atoms. The van der Waals surface area contributed by atoms with Crippen molar-refractivity contribution in [3.05, 3.63) is 66.3 Å². The Bertz CT molecular complexity index is 540. The monoisotopic (exact) mass is 253 g/mol. The van der Waals surface area contributed by atoms with Gasteiger partial charge in [0.15, 0.2) is 0 Å². The van der Waals surface area contributed by atoms with Crippen LogP contribution in [-0.2, 0) is 4.79 Å². The quantitative estimate of drug-likeness (QED) is 0.767. The highest BCUT2D eigenvalue weighted by atomic mass is 16.5. The smallest absolute Gasteiger partial charge is 0.225 e. The summed E-state index contributed by atoms with van der Waals surface area (Å²) in [6, 6.07) is 8.02. The van der Waals surface area contributed by atoms with Crippen LogP contribution in [0.3, 0.4) is 0 Å². The zero-order chi connectivity index (χ0) is 13.7. The molecule has 0 aromatic heterocycles. The lowest BCUT2D eigenvalue weighted by molar-refractivity contribution is 0.412. The third-order valence-corrected chi connectivity index (χ3v) is 3.50. The maximum atomic E-state index is 10.5. The van der Waals surface area contributed by atoms with E-state index in [4.69, 9.17) is 4.74 Å². The summed E-state index contributed by atoms with van der Waals surface area (Å²) >= 11 is 0. The van der Waals surface area contributed by atoms with Gasteiger partial charge in [-0.05, 0) is 23.8 Å². The van der Waals surface area contributed by atoms with Crippen molar-refractivity contribution in [1.29, 1.82) is 0 Å².